The van der Waals surface area contributed by atoms with Crippen LogP contribution in [-0.4, -0.2) is 17.6 Å². The number of rotatable bonds is 8. The highest BCUT2D eigenvalue weighted by Crippen LogP contribution is 2.32. The number of thiazole rings is 1. The molecule has 4 heteroatoms. The van der Waals surface area contributed by atoms with Gasteiger partial charge in [-0.3, -0.25) is 0 Å². The van der Waals surface area contributed by atoms with Crippen molar-refractivity contribution in [3.05, 3.63) is 15.6 Å². The summed E-state index contributed by atoms with van der Waals surface area (Å²) < 4.78 is 5.84. The third-order valence-electron chi connectivity index (χ3n) is 3.07. The predicted molar refractivity (Wildman–Crippen MR) is 87.3 cm³/mol. The van der Waals surface area contributed by atoms with Gasteiger partial charge in [0.25, 0.3) is 0 Å². The number of aromatic nitrogens is 1. The van der Waals surface area contributed by atoms with Crippen LogP contribution in [0.2, 0.25) is 0 Å². The van der Waals surface area contributed by atoms with Crippen LogP contribution in [-0.2, 0) is 23.3 Å². The van der Waals surface area contributed by atoms with E-state index in [2.05, 4.69) is 46.9 Å². The molecule has 1 rings (SSSR count). The lowest BCUT2D eigenvalue weighted by Crippen LogP contribution is -2.22. The molecule has 0 saturated carbocycles. The fourth-order valence-corrected chi connectivity index (χ4v) is 3.14. The summed E-state index contributed by atoms with van der Waals surface area (Å²) >= 11 is 1.79. The van der Waals surface area contributed by atoms with Gasteiger partial charge in [-0.2, -0.15) is 0 Å². The van der Waals surface area contributed by atoms with Crippen LogP contribution < -0.4 is 5.32 Å². The topological polar surface area (TPSA) is 34.1 Å². The minimum atomic E-state index is -0.290. The Morgan fingerprint density at radius 3 is 2.40 bits per heavy atom. The van der Waals surface area contributed by atoms with Crippen LogP contribution in [0.5, 0.6) is 0 Å². The van der Waals surface area contributed by atoms with Gasteiger partial charge in [0.05, 0.1) is 5.69 Å². The van der Waals surface area contributed by atoms with Crippen LogP contribution in [0.4, 0.5) is 0 Å². The van der Waals surface area contributed by atoms with Crippen molar-refractivity contribution < 1.29 is 4.74 Å². The average Bonchev–Trinajstić information content (AvgIpc) is 2.69. The summed E-state index contributed by atoms with van der Waals surface area (Å²) in [4.78, 5) is 6.23. The van der Waals surface area contributed by atoms with Crippen molar-refractivity contribution in [2.45, 2.75) is 73.1 Å². The lowest BCUT2D eigenvalue weighted by atomic mass is 10.1. The molecule has 20 heavy (non-hydrogen) atoms. The van der Waals surface area contributed by atoms with E-state index in [0.717, 1.165) is 18.0 Å². The highest BCUT2D eigenvalue weighted by atomic mass is 32.1. The van der Waals surface area contributed by atoms with Crippen molar-refractivity contribution in [1.82, 2.24) is 10.3 Å². The van der Waals surface area contributed by atoms with Crippen LogP contribution in [0, 0.1) is 5.92 Å². The van der Waals surface area contributed by atoms with Crippen LogP contribution in [0.3, 0.4) is 0 Å². The third-order valence-corrected chi connectivity index (χ3v) is 4.47. The van der Waals surface area contributed by atoms with E-state index in [4.69, 9.17) is 9.72 Å². The van der Waals surface area contributed by atoms with E-state index in [1.807, 2.05) is 6.92 Å². The zero-order valence-corrected chi connectivity index (χ0v) is 14.9. The van der Waals surface area contributed by atoms with E-state index < -0.39 is 0 Å². The van der Waals surface area contributed by atoms with Crippen LogP contribution in [0.15, 0.2) is 0 Å². The zero-order valence-electron chi connectivity index (χ0n) is 14.0. The van der Waals surface area contributed by atoms with Gasteiger partial charge in [-0.25, -0.2) is 4.98 Å². The molecule has 0 bridgehead atoms. The first-order valence-corrected chi connectivity index (χ1v) is 8.44. The van der Waals surface area contributed by atoms with Crippen LogP contribution in [0.1, 0.15) is 64.0 Å². The molecule has 0 fully saturated rings. The molecular formula is C16H30N2OS. The third kappa shape index (κ3) is 5.15. The lowest BCUT2D eigenvalue weighted by molar-refractivity contribution is -0.0142. The van der Waals surface area contributed by atoms with E-state index in [1.165, 1.54) is 10.6 Å². The maximum Gasteiger partial charge on any atom is 0.125 e. The highest BCUT2D eigenvalue weighted by molar-refractivity contribution is 7.11. The minimum Gasteiger partial charge on any atom is -0.369 e. The molecule has 0 saturated heterocycles. The van der Waals surface area contributed by atoms with Crippen LogP contribution in [0.25, 0.3) is 0 Å². The first-order valence-electron chi connectivity index (χ1n) is 7.62. The summed E-state index contributed by atoms with van der Waals surface area (Å²) in [5.74, 6) is 0.623. The van der Waals surface area contributed by atoms with Gasteiger partial charge in [-0.15, -0.1) is 11.3 Å². The van der Waals surface area contributed by atoms with Gasteiger partial charge >= 0.3 is 0 Å². The molecule has 0 unspecified atom stereocenters. The summed E-state index contributed by atoms with van der Waals surface area (Å²) in [6.45, 7) is 16.7. The van der Waals surface area contributed by atoms with Gasteiger partial charge in [0, 0.05) is 24.1 Å². The normalized spacial score (nSPS) is 12.7. The number of ether oxygens (including phenoxy) is 1. The van der Waals surface area contributed by atoms with E-state index in [-0.39, 0.29) is 5.60 Å². The summed E-state index contributed by atoms with van der Waals surface area (Å²) in [5, 5.41) is 4.59. The zero-order chi connectivity index (χ0) is 15.3. The quantitative estimate of drug-likeness (QED) is 0.784. The molecule has 1 heterocycles. The van der Waals surface area contributed by atoms with Crippen molar-refractivity contribution in [3.63, 3.8) is 0 Å². The van der Waals surface area contributed by atoms with Gasteiger partial charge in [0.2, 0.25) is 0 Å². The molecule has 0 radical (unpaired) electrons. The fourth-order valence-electron chi connectivity index (χ4n) is 2.04. The summed E-state index contributed by atoms with van der Waals surface area (Å²) in [5.41, 5.74) is 0.947. The van der Waals surface area contributed by atoms with Gasteiger partial charge < -0.3 is 10.1 Å². The standard InChI is InChI=1S/C16H30N2OS/c1-8-19-16(6,7)15-18-13(9-11(2)3)14(20-15)10-17-12(4)5/h11-12,17H,8-10H2,1-7H3. The van der Waals surface area contributed by atoms with Gasteiger partial charge in [-0.05, 0) is 33.1 Å². The second-order valence-electron chi connectivity index (χ2n) is 6.47. The van der Waals surface area contributed by atoms with Crippen molar-refractivity contribution in [1.29, 1.82) is 0 Å². The Morgan fingerprint density at radius 1 is 1.25 bits per heavy atom. The Bertz CT molecular complexity index is 411. The SMILES string of the molecule is CCOC(C)(C)c1nc(CC(C)C)c(CNC(C)C)s1. The fraction of sp³-hybridized carbons (Fsp3) is 0.812. The van der Waals surface area contributed by atoms with Crippen molar-refractivity contribution in [3.8, 4) is 0 Å². The van der Waals surface area contributed by atoms with Crippen molar-refractivity contribution in [2.24, 2.45) is 5.92 Å². The molecule has 1 aromatic heterocycles. The molecule has 0 amide bonds. The monoisotopic (exact) mass is 298 g/mol. The Labute approximate surface area is 128 Å². The Kier molecular flexibility index (Phi) is 6.62. The molecule has 1 N–H and O–H groups in total. The van der Waals surface area contributed by atoms with E-state index in [0.29, 0.717) is 18.6 Å². The largest absolute Gasteiger partial charge is 0.369 e. The van der Waals surface area contributed by atoms with E-state index in [1.54, 1.807) is 11.3 Å². The number of nitrogens with zero attached hydrogens (tertiary/aromatic N) is 1. The molecule has 116 valence electrons. The molecule has 1 aromatic rings. The molecule has 0 spiro atoms. The highest BCUT2D eigenvalue weighted by Gasteiger charge is 2.26. The molecule has 0 aliphatic carbocycles. The summed E-state index contributed by atoms with van der Waals surface area (Å²) in [6.07, 6.45) is 1.04. The Balaban J connectivity index is 2.98. The second-order valence-corrected chi connectivity index (χ2v) is 7.55. The minimum absolute atomic E-state index is 0.290. The molecule has 0 aliphatic heterocycles. The van der Waals surface area contributed by atoms with Crippen molar-refractivity contribution in [2.75, 3.05) is 6.61 Å². The Hall–Kier alpha value is -0.450. The average molecular weight is 298 g/mol. The van der Waals surface area contributed by atoms with Gasteiger partial charge in [0.1, 0.15) is 10.6 Å². The maximum absolute atomic E-state index is 5.84. The molecule has 0 aliphatic rings. The predicted octanol–water partition coefficient (Wildman–Crippen LogP) is 4.11. The molecule has 0 aromatic carbocycles. The Morgan fingerprint density at radius 2 is 1.90 bits per heavy atom. The number of nitrogens with one attached hydrogen (secondary N) is 1. The number of hydrogen-bond acceptors (Lipinski definition) is 4. The molecule has 0 atom stereocenters. The molecule has 3 nitrogen and oxygen atoms in total. The van der Waals surface area contributed by atoms with Gasteiger partial charge in [-0.1, -0.05) is 27.7 Å². The number of hydrogen-bond donors (Lipinski definition) is 1. The van der Waals surface area contributed by atoms with E-state index >= 15 is 0 Å². The second kappa shape index (κ2) is 7.53. The lowest BCUT2D eigenvalue weighted by Gasteiger charge is -2.21. The first kappa shape index (κ1) is 17.6. The van der Waals surface area contributed by atoms with Gasteiger partial charge in [0.15, 0.2) is 0 Å². The van der Waals surface area contributed by atoms with E-state index in [9.17, 15) is 0 Å². The van der Waals surface area contributed by atoms with Crippen molar-refractivity contribution >= 4 is 11.3 Å². The smallest absolute Gasteiger partial charge is 0.125 e. The molecular weight excluding hydrogens is 268 g/mol. The summed E-state index contributed by atoms with van der Waals surface area (Å²) in [7, 11) is 0. The first-order chi connectivity index (χ1) is 9.26. The van der Waals surface area contributed by atoms with Crippen LogP contribution >= 0.6 is 11.3 Å². The maximum atomic E-state index is 5.84. The summed E-state index contributed by atoms with van der Waals surface area (Å²) in [6, 6.07) is 0.493.